The van der Waals surface area contributed by atoms with E-state index in [1.807, 2.05) is 21.7 Å². The third-order valence-corrected chi connectivity index (χ3v) is 5.70. The number of aromatic nitrogens is 3. The van der Waals surface area contributed by atoms with Crippen LogP contribution in [0.25, 0.3) is 0 Å². The lowest BCUT2D eigenvalue weighted by molar-refractivity contribution is -0.134. The van der Waals surface area contributed by atoms with Crippen LogP contribution in [0.1, 0.15) is 30.4 Å². The maximum atomic E-state index is 12.9. The molecule has 2 aliphatic heterocycles. The van der Waals surface area contributed by atoms with E-state index >= 15 is 0 Å². The van der Waals surface area contributed by atoms with Crippen molar-refractivity contribution in [1.82, 2.24) is 19.7 Å². The van der Waals surface area contributed by atoms with Gasteiger partial charge in [0, 0.05) is 23.7 Å². The van der Waals surface area contributed by atoms with Gasteiger partial charge in [-0.05, 0) is 24.5 Å². The summed E-state index contributed by atoms with van der Waals surface area (Å²) in [7, 11) is 0. The molecule has 1 amide bonds. The first kappa shape index (κ1) is 13.8. The SMILES string of the molecule is O=C([C@@H]1CSc2ccccc21)N1CCC[C@@H](n2cncn2)C1. The molecule has 1 aromatic carbocycles. The molecule has 22 heavy (non-hydrogen) atoms. The number of thioether (sulfide) groups is 1. The number of benzene rings is 1. The van der Waals surface area contributed by atoms with Crippen LogP contribution in [-0.4, -0.2) is 44.4 Å². The topological polar surface area (TPSA) is 51.0 Å². The van der Waals surface area contributed by atoms with Crippen LogP contribution in [0.3, 0.4) is 0 Å². The molecule has 0 spiro atoms. The van der Waals surface area contributed by atoms with Crippen LogP contribution in [0.15, 0.2) is 41.8 Å². The van der Waals surface area contributed by atoms with Crippen molar-refractivity contribution in [3.8, 4) is 0 Å². The minimum absolute atomic E-state index is 0.00990. The van der Waals surface area contributed by atoms with Crippen molar-refractivity contribution in [3.63, 3.8) is 0 Å². The predicted octanol–water partition coefficient (Wildman–Crippen LogP) is 2.33. The van der Waals surface area contributed by atoms with Gasteiger partial charge in [0.2, 0.25) is 5.91 Å². The largest absolute Gasteiger partial charge is 0.340 e. The lowest BCUT2D eigenvalue weighted by atomic mass is 9.97. The van der Waals surface area contributed by atoms with Crippen molar-refractivity contribution >= 4 is 17.7 Å². The molecule has 6 heteroatoms. The summed E-state index contributed by atoms with van der Waals surface area (Å²) in [5, 5.41) is 4.23. The molecule has 2 aromatic rings. The fourth-order valence-electron chi connectivity index (χ4n) is 3.36. The minimum atomic E-state index is 0.00990. The average Bonchev–Trinajstić information content (AvgIpc) is 3.24. The first-order valence-corrected chi connectivity index (χ1v) is 8.66. The van der Waals surface area contributed by atoms with E-state index in [1.165, 1.54) is 10.5 Å². The predicted molar refractivity (Wildman–Crippen MR) is 84.8 cm³/mol. The first-order chi connectivity index (χ1) is 10.8. The summed E-state index contributed by atoms with van der Waals surface area (Å²) >= 11 is 1.79. The quantitative estimate of drug-likeness (QED) is 0.854. The Labute approximate surface area is 133 Å². The van der Waals surface area contributed by atoms with Gasteiger partial charge in [0.15, 0.2) is 0 Å². The highest BCUT2D eigenvalue weighted by Crippen LogP contribution is 2.40. The van der Waals surface area contributed by atoms with Crippen LogP contribution >= 0.6 is 11.8 Å². The summed E-state index contributed by atoms with van der Waals surface area (Å²) in [6, 6.07) is 8.53. The van der Waals surface area contributed by atoms with Gasteiger partial charge in [-0.1, -0.05) is 18.2 Å². The Morgan fingerprint density at radius 2 is 2.23 bits per heavy atom. The summed E-state index contributed by atoms with van der Waals surface area (Å²) in [5.41, 5.74) is 1.19. The van der Waals surface area contributed by atoms with Crippen molar-refractivity contribution in [2.24, 2.45) is 0 Å². The maximum absolute atomic E-state index is 12.9. The van der Waals surface area contributed by atoms with Gasteiger partial charge >= 0.3 is 0 Å². The van der Waals surface area contributed by atoms with E-state index in [0.717, 1.165) is 31.7 Å². The van der Waals surface area contributed by atoms with Crippen LogP contribution in [0.5, 0.6) is 0 Å². The van der Waals surface area contributed by atoms with Crippen LogP contribution in [0, 0.1) is 0 Å². The molecule has 3 heterocycles. The molecule has 0 radical (unpaired) electrons. The van der Waals surface area contributed by atoms with Gasteiger partial charge in [-0.25, -0.2) is 9.67 Å². The molecule has 0 N–H and O–H groups in total. The monoisotopic (exact) mass is 314 g/mol. The zero-order valence-corrected chi connectivity index (χ0v) is 13.1. The van der Waals surface area contributed by atoms with E-state index in [0.29, 0.717) is 0 Å². The highest BCUT2D eigenvalue weighted by Gasteiger charge is 2.34. The second kappa shape index (κ2) is 5.76. The molecule has 0 unspecified atom stereocenters. The Bertz CT molecular complexity index is 673. The molecule has 5 nitrogen and oxygen atoms in total. The number of carbonyl (C=O) groups excluding carboxylic acids is 1. The van der Waals surface area contributed by atoms with Gasteiger partial charge in [0.25, 0.3) is 0 Å². The second-order valence-corrected chi connectivity index (χ2v) is 6.92. The molecule has 1 aromatic heterocycles. The third kappa shape index (κ3) is 2.41. The standard InChI is InChI=1S/C16H18N4OS/c21-16(14-9-22-15-6-2-1-5-13(14)15)19-7-3-4-12(8-19)20-11-17-10-18-20/h1-2,5-6,10-12,14H,3-4,7-9H2/t12-,14-/m1/s1. The van der Waals surface area contributed by atoms with E-state index in [4.69, 9.17) is 0 Å². The number of piperidine rings is 1. The molecule has 0 bridgehead atoms. The van der Waals surface area contributed by atoms with Crippen molar-refractivity contribution < 1.29 is 4.79 Å². The Morgan fingerprint density at radius 1 is 1.32 bits per heavy atom. The molecule has 1 fully saturated rings. The third-order valence-electron chi connectivity index (χ3n) is 4.52. The lowest BCUT2D eigenvalue weighted by Gasteiger charge is -2.34. The van der Waals surface area contributed by atoms with Gasteiger partial charge in [0.05, 0.1) is 12.0 Å². The summed E-state index contributed by atoms with van der Waals surface area (Å²) < 4.78 is 1.89. The van der Waals surface area contributed by atoms with Gasteiger partial charge in [-0.2, -0.15) is 5.10 Å². The fourth-order valence-corrected chi connectivity index (χ4v) is 4.58. The van der Waals surface area contributed by atoms with Gasteiger partial charge in [-0.3, -0.25) is 4.79 Å². The minimum Gasteiger partial charge on any atom is -0.340 e. The summed E-state index contributed by atoms with van der Waals surface area (Å²) in [4.78, 5) is 20.2. The van der Waals surface area contributed by atoms with Gasteiger partial charge in [0.1, 0.15) is 12.7 Å². The number of likely N-dealkylation sites (tertiary alicyclic amines) is 1. The van der Waals surface area contributed by atoms with E-state index in [-0.39, 0.29) is 17.9 Å². The van der Waals surface area contributed by atoms with Crippen LogP contribution in [0.2, 0.25) is 0 Å². The highest BCUT2D eigenvalue weighted by atomic mass is 32.2. The fraction of sp³-hybridized carbons (Fsp3) is 0.438. The number of fused-ring (bicyclic) bond motifs is 1. The maximum Gasteiger partial charge on any atom is 0.231 e. The number of hydrogen-bond donors (Lipinski definition) is 0. The van der Waals surface area contributed by atoms with Crippen molar-refractivity contribution in [3.05, 3.63) is 42.5 Å². The number of nitrogens with zero attached hydrogens (tertiary/aromatic N) is 4. The van der Waals surface area contributed by atoms with Crippen LogP contribution in [0.4, 0.5) is 0 Å². The van der Waals surface area contributed by atoms with E-state index in [2.05, 4.69) is 22.2 Å². The summed E-state index contributed by atoms with van der Waals surface area (Å²) in [5.74, 6) is 1.14. The highest BCUT2D eigenvalue weighted by molar-refractivity contribution is 7.99. The number of amides is 1. The Hall–Kier alpha value is -1.82. The van der Waals surface area contributed by atoms with Crippen molar-refractivity contribution in [2.75, 3.05) is 18.8 Å². The van der Waals surface area contributed by atoms with E-state index in [1.54, 1.807) is 24.4 Å². The molecular formula is C16H18N4OS. The zero-order chi connectivity index (χ0) is 14.9. The smallest absolute Gasteiger partial charge is 0.231 e. The number of rotatable bonds is 2. The molecule has 2 aliphatic rings. The first-order valence-electron chi connectivity index (χ1n) is 7.67. The molecule has 0 saturated carbocycles. The molecule has 2 atom stereocenters. The zero-order valence-electron chi connectivity index (χ0n) is 12.3. The Kier molecular flexibility index (Phi) is 3.62. The lowest BCUT2D eigenvalue weighted by Crippen LogP contribution is -2.43. The molecule has 1 saturated heterocycles. The van der Waals surface area contributed by atoms with Crippen molar-refractivity contribution in [2.45, 2.75) is 29.7 Å². The van der Waals surface area contributed by atoms with Crippen LogP contribution < -0.4 is 0 Å². The Morgan fingerprint density at radius 3 is 3.09 bits per heavy atom. The second-order valence-electron chi connectivity index (χ2n) is 5.86. The summed E-state index contributed by atoms with van der Waals surface area (Å²) in [6.07, 6.45) is 5.39. The molecule has 0 aliphatic carbocycles. The molecular weight excluding hydrogens is 296 g/mol. The van der Waals surface area contributed by atoms with E-state index in [9.17, 15) is 4.79 Å². The number of hydrogen-bond acceptors (Lipinski definition) is 4. The number of carbonyl (C=O) groups is 1. The normalized spacial score (nSPS) is 24.3. The van der Waals surface area contributed by atoms with E-state index < -0.39 is 0 Å². The molecule has 4 rings (SSSR count). The Balaban J connectivity index is 1.51. The summed E-state index contributed by atoms with van der Waals surface area (Å²) in [6.45, 7) is 1.60. The van der Waals surface area contributed by atoms with Gasteiger partial charge < -0.3 is 4.90 Å². The van der Waals surface area contributed by atoms with Gasteiger partial charge in [-0.15, -0.1) is 11.8 Å². The molecule has 114 valence electrons. The van der Waals surface area contributed by atoms with Crippen molar-refractivity contribution in [1.29, 1.82) is 0 Å². The average molecular weight is 314 g/mol. The van der Waals surface area contributed by atoms with Crippen LogP contribution in [-0.2, 0) is 4.79 Å².